The van der Waals surface area contributed by atoms with Crippen molar-refractivity contribution in [3.63, 3.8) is 0 Å². The molecule has 1 rings (SSSR count). The molecule has 15 heavy (non-hydrogen) atoms. The molecule has 0 atom stereocenters. The van der Waals surface area contributed by atoms with Crippen LogP contribution in [-0.4, -0.2) is 34.9 Å². The van der Waals surface area contributed by atoms with E-state index in [-0.39, 0.29) is 19.3 Å². The molecular weight excluding hydrogens is 218 g/mol. The van der Waals surface area contributed by atoms with Gasteiger partial charge in [-0.25, -0.2) is 4.79 Å². The highest BCUT2D eigenvalue weighted by molar-refractivity contribution is 7.98. The maximum absolute atomic E-state index is 11.2. The summed E-state index contributed by atoms with van der Waals surface area (Å²) in [5.74, 6) is -0.527. The number of rotatable bonds is 5. The van der Waals surface area contributed by atoms with Gasteiger partial charge in [0.05, 0.1) is 0 Å². The van der Waals surface area contributed by atoms with Crippen molar-refractivity contribution < 1.29 is 19.2 Å². The highest BCUT2D eigenvalue weighted by Crippen LogP contribution is 2.13. The lowest BCUT2D eigenvalue weighted by Crippen LogP contribution is -2.31. The first kappa shape index (κ1) is 12.0. The molecule has 1 heterocycles. The van der Waals surface area contributed by atoms with Crippen LogP contribution in [0.4, 0.5) is 0 Å². The van der Waals surface area contributed by atoms with Gasteiger partial charge in [-0.2, -0.15) is 11.8 Å². The van der Waals surface area contributed by atoms with Crippen LogP contribution in [0, 0.1) is 0 Å². The summed E-state index contributed by atoms with van der Waals surface area (Å²) in [5.41, 5.74) is 0. The molecule has 0 aromatic carbocycles. The van der Waals surface area contributed by atoms with E-state index in [1.807, 2.05) is 6.26 Å². The zero-order valence-corrected chi connectivity index (χ0v) is 9.34. The van der Waals surface area contributed by atoms with Gasteiger partial charge in [0.1, 0.15) is 0 Å². The predicted octanol–water partition coefficient (Wildman–Crippen LogP) is 0.737. The number of nitrogens with zero attached hydrogens (tertiary/aromatic N) is 1. The molecule has 1 aliphatic rings. The second kappa shape index (κ2) is 5.75. The summed E-state index contributed by atoms with van der Waals surface area (Å²) in [6.45, 7) is 0. The van der Waals surface area contributed by atoms with Crippen molar-refractivity contribution in [3.05, 3.63) is 0 Å². The third-order valence-corrected chi connectivity index (χ3v) is 2.63. The van der Waals surface area contributed by atoms with Gasteiger partial charge in [0.25, 0.3) is 11.8 Å². The molecule has 1 saturated heterocycles. The Labute approximate surface area is 92.1 Å². The molecule has 0 radical (unpaired) electrons. The zero-order valence-electron chi connectivity index (χ0n) is 8.52. The van der Waals surface area contributed by atoms with E-state index in [0.29, 0.717) is 11.5 Å². The number of carbonyl (C=O) groups is 3. The minimum absolute atomic E-state index is 0.136. The molecular formula is C9H13NO4S. The van der Waals surface area contributed by atoms with Gasteiger partial charge in [-0.15, -0.1) is 5.06 Å². The first-order chi connectivity index (χ1) is 7.15. The van der Waals surface area contributed by atoms with Crippen LogP contribution in [0.1, 0.15) is 25.7 Å². The Morgan fingerprint density at radius 2 is 2.00 bits per heavy atom. The zero-order chi connectivity index (χ0) is 11.3. The Morgan fingerprint density at radius 1 is 1.40 bits per heavy atom. The monoisotopic (exact) mass is 231 g/mol. The Bertz CT molecular complexity index is 263. The van der Waals surface area contributed by atoms with Crippen LogP contribution in [-0.2, 0) is 19.2 Å². The number of imide groups is 1. The van der Waals surface area contributed by atoms with E-state index < -0.39 is 17.8 Å². The molecule has 0 saturated carbocycles. The quantitative estimate of drug-likeness (QED) is 0.515. The summed E-state index contributed by atoms with van der Waals surface area (Å²) in [4.78, 5) is 38.0. The van der Waals surface area contributed by atoms with Gasteiger partial charge >= 0.3 is 5.97 Å². The van der Waals surface area contributed by atoms with Crippen LogP contribution in [0.15, 0.2) is 0 Å². The van der Waals surface area contributed by atoms with E-state index in [0.717, 1.165) is 5.75 Å². The predicted molar refractivity (Wildman–Crippen MR) is 54.8 cm³/mol. The van der Waals surface area contributed by atoms with E-state index in [9.17, 15) is 14.4 Å². The van der Waals surface area contributed by atoms with E-state index in [1.165, 1.54) is 0 Å². The van der Waals surface area contributed by atoms with Crippen LogP contribution in [0.2, 0.25) is 0 Å². The van der Waals surface area contributed by atoms with Gasteiger partial charge in [-0.3, -0.25) is 9.59 Å². The summed E-state index contributed by atoms with van der Waals surface area (Å²) in [6, 6.07) is 0. The fraction of sp³-hybridized carbons (Fsp3) is 0.667. The number of amides is 2. The molecule has 0 N–H and O–H groups in total. The lowest BCUT2D eigenvalue weighted by atomic mass is 10.3. The molecule has 84 valence electrons. The van der Waals surface area contributed by atoms with Crippen LogP contribution < -0.4 is 0 Å². The molecule has 0 aliphatic carbocycles. The topological polar surface area (TPSA) is 63.7 Å². The Morgan fingerprint density at radius 3 is 2.53 bits per heavy atom. The van der Waals surface area contributed by atoms with E-state index >= 15 is 0 Å². The number of hydroxylamine groups is 2. The summed E-state index contributed by atoms with van der Waals surface area (Å²) < 4.78 is 0. The fourth-order valence-corrected chi connectivity index (χ4v) is 1.60. The van der Waals surface area contributed by atoms with Gasteiger partial charge < -0.3 is 4.84 Å². The normalized spacial score (nSPS) is 15.9. The molecule has 5 nitrogen and oxygen atoms in total. The average molecular weight is 231 g/mol. The van der Waals surface area contributed by atoms with Crippen LogP contribution in [0.5, 0.6) is 0 Å². The molecule has 1 aliphatic heterocycles. The average Bonchev–Trinajstić information content (AvgIpc) is 2.50. The summed E-state index contributed by atoms with van der Waals surface area (Å²) >= 11 is 1.63. The van der Waals surface area contributed by atoms with Gasteiger partial charge in [0.2, 0.25) is 0 Å². The molecule has 0 bridgehead atoms. The van der Waals surface area contributed by atoms with Crippen molar-refractivity contribution in [2.24, 2.45) is 0 Å². The van der Waals surface area contributed by atoms with Crippen LogP contribution >= 0.6 is 11.8 Å². The lowest BCUT2D eigenvalue weighted by molar-refractivity contribution is -0.197. The highest BCUT2D eigenvalue weighted by atomic mass is 32.2. The Kier molecular flexibility index (Phi) is 4.61. The molecule has 0 aromatic rings. The molecule has 0 spiro atoms. The summed E-state index contributed by atoms with van der Waals surface area (Å²) in [5, 5.41) is 0.585. The third kappa shape index (κ3) is 3.54. The third-order valence-electron chi connectivity index (χ3n) is 1.93. The first-order valence-electron chi connectivity index (χ1n) is 4.70. The number of carbonyl (C=O) groups excluding carboxylic acids is 3. The molecule has 1 fully saturated rings. The summed E-state index contributed by atoms with van der Waals surface area (Å²) in [7, 11) is 0. The maximum atomic E-state index is 11.2. The van der Waals surface area contributed by atoms with Crippen molar-refractivity contribution in [2.45, 2.75) is 25.7 Å². The Balaban J connectivity index is 2.31. The van der Waals surface area contributed by atoms with Crippen LogP contribution in [0.3, 0.4) is 0 Å². The van der Waals surface area contributed by atoms with Gasteiger partial charge in [-0.05, 0) is 18.4 Å². The smallest absolute Gasteiger partial charge is 0.330 e. The molecule has 0 unspecified atom stereocenters. The standard InChI is InChI=1S/C9H13NO4S/c1-15-6-2-3-9(13)14-10-7(11)4-5-8(10)12/h2-6H2,1H3. The van der Waals surface area contributed by atoms with Crippen molar-refractivity contribution in [1.29, 1.82) is 0 Å². The second-order valence-corrected chi connectivity index (χ2v) is 4.13. The Hall–Kier alpha value is -1.04. The van der Waals surface area contributed by atoms with E-state index in [1.54, 1.807) is 11.8 Å². The van der Waals surface area contributed by atoms with Crippen LogP contribution in [0.25, 0.3) is 0 Å². The van der Waals surface area contributed by atoms with Gasteiger partial charge in [0.15, 0.2) is 0 Å². The number of hydrogen-bond acceptors (Lipinski definition) is 5. The van der Waals surface area contributed by atoms with E-state index in [4.69, 9.17) is 0 Å². The van der Waals surface area contributed by atoms with Gasteiger partial charge in [-0.1, -0.05) is 0 Å². The largest absolute Gasteiger partial charge is 0.333 e. The lowest BCUT2D eigenvalue weighted by Gasteiger charge is -2.12. The molecule has 6 heteroatoms. The molecule has 0 aromatic heterocycles. The summed E-state index contributed by atoms with van der Waals surface area (Å²) in [6.07, 6.45) is 3.14. The van der Waals surface area contributed by atoms with Crippen molar-refractivity contribution >= 4 is 29.5 Å². The van der Waals surface area contributed by atoms with Crippen molar-refractivity contribution in [1.82, 2.24) is 5.06 Å². The van der Waals surface area contributed by atoms with Crippen molar-refractivity contribution in [3.8, 4) is 0 Å². The second-order valence-electron chi connectivity index (χ2n) is 3.14. The minimum atomic E-state index is -0.521. The fourth-order valence-electron chi connectivity index (χ4n) is 1.17. The maximum Gasteiger partial charge on any atom is 0.333 e. The SMILES string of the molecule is CSCCCC(=O)ON1C(=O)CCC1=O. The van der Waals surface area contributed by atoms with Crippen molar-refractivity contribution in [2.75, 3.05) is 12.0 Å². The minimum Gasteiger partial charge on any atom is -0.330 e. The number of hydrogen-bond donors (Lipinski definition) is 0. The number of thioether (sulfide) groups is 1. The first-order valence-corrected chi connectivity index (χ1v) is 6.10. The highest BCUT2D eigenvalue weighted by Gasteiger charge is 2.32. The molecule has 2 amide bonds. The van der Waals surface area contributed by atoms with E-state index in [2.05, 4.69) is 4.84 Å². The van der Waals surface area contributed by atoms with Gasteiger partial charge in [0, 0.05) is 19.3 Å².